The van der Waals surface area contributed by atoms with Gasteiger partial charge in [-0.05, 0) is 26.7 Å². The topological polar surface area (TPSA) is 40.5 Å². The van der Waals surface area contributed by atoms with Crippen LogP contribution in [0.4, 0.5) is 0 Å². The van der Waals surface area contributed by atoms with Gasteiger partial charge in [-0.3, -0.25) is 9.10 Å². The largest absolute Gasteiger partial charge is 0.390 e. The Morgan fingerprint density at radius 1 is 1.67 bits per heavy atom. The Morgan fingerprint density at radius 3 is 2.67 bits per heavy atom. The molecule has 4 heteroatoms. The molecule has 0 radical (unpaired) electrons. The zero-order valence-corrected chi connectivity index (χ0v) is 8.34. The molecule has 0 spiro atoms. The molecule has 0 aliphatic carbocycles. The van der Waals surface area contributed by atoms with E-state index in [0.717, 1.165) is 12.8 Å². The molecule has 1 aliphatic heterocycles. The standard InChI is InChI=1S/C8H15NO2S/c1-8(2,11)6-4-3-5-9(12)7(6)10/h6,11-12H,3-5H2,1-2H3. The first kappa shape index (κ1) is 9.86. The normalized spacial score (nSPS) is 26.2. The fourth-order valence-corrected chi connectivity index (χ4v) is 1.79. The van der Waals surface area contributed by atoms with E-state index < -0.39 is 5.60 Å². The highest BCUT2D eigenvalue weighted by molar-refractivity contribution is 7.78. The van der Waals surface area contributed by atoms with Crippen molar-refractivity contribution in [1.29, 1.82) is 0 Å². The second kappa shape index (κ2) is 3.26. The number of nitrogens with zero attached hydrogens (tertiary/aromatic N) is 1. The van der Waals surface area contributed by atoms with Crippen LogP contribution >= 0.6 is 12.8 Å². The Hall–Kier alpha value is -0.220. The van der Waals surface area contributed by atoms with Crippen molar-refractivity contribution in [3.8, 4) is 0 Å². The number of amides is 1. The first-order valence-corrected chi connectivity index (χ1v) is 4.55. The van der Waals surface area contributed by atoms with E-state index in [1.54, 1.807) is 13.8 Å². The number of rotatable bonds is 1. The molecule has 0 saturated carbocycles. The van der Waals surface area contributed by atoms with Crippen molar-refractivity contribution in [1.82, 2.24) is 4.31 Å². The molecule has 1 atom stereocenters. The van der Waals surface area contributed by atoms with Gasteiger partial charge in [0.15, 0.2) is 0 Å². The number of piperidine rings is 1. The number of hydrogen-bond donors (Lipinski definition) is 2. The lowest BCUT2D eigenvalue weighted by Crippen LogP contribution is -2.45. The van der Waals surface area contributed by atoms with Crippen LogP contribution in [-0.4, -0.2) is 27.5 Å². The molecule has 0 bridgehead atoms. The van der Waals surface area contributed by atoms with E-state index in [-0.39, 0.29) is 11.8 Å². The van der Waals surface area contributed by atoms with Gasteiger partial charge in [0.05, 0.1) is 11.5 Å². The molecule has 3 nitrogen and oxygen atoms in total. The van der Waals surface area contributed by atoms with Crippen LogP contribution in [0.5, 0.6) is 0 Å². The summed E-state index contributed by atoms with van der Waals surface area (Å²) in [4.78, 5) is 11.5. The predicted octanol–water partition coefficient (Wildman–Crippen LogP) is 0.841. The van der Waals surface area contributed by atoms with Crippen LogP contribution in [0.1, 0.15) is 26.7 Å². The van der Waals surface area contributed by atoms with Gasteiger partial charge in [-0.15, -0.1) is 0 Å². The van der Waals surface area contributed by atoms with Crippen molar-refractivity contribution in [2.75, 3.05) is 6.54 Å². The monoisotopic (exact) mass is 189 g/mol. The number of thiol groups is 1. The van der Waals surface area contributed by atoms with Crippen LogP contribution in [0.15, 0.2) is 0 Å². The van der Waals surface area contributed by atoms with Crippen molar-refractivity contribution in [2.45, 2.75) is 32.3 Å². The SMILES string of the molecule is CC(C)(O)C1CCCN(S)C1=O. The third kappa shape index (κ3) is 1.93. The molecular formula is C8H15NO2S. The van der Waals surface area contributed by atoms with Crippen LogP contribution in [0, 0.1) is 5.92 Å². The Labute approximate surface area is 78.3 Å². The highest BCUT2D eigenvalue weighted by Gasteiger charge is 2.37. The molecule has 0 aromatic heterocycles. The van der Waals surface area contributed by atoms with Crippen LogP contribution in [0.25, 0.3) is 0 Å². The van der Waals surface area contributed by atoms with Gasteiger partial charge in [-0.25, -0.2) is 0 Å². The second-order valence-electron chi connectivity index (χ2n) is 3.81. The molecule has 1 rings (SSSR count). The fraction of sp³-hybridized carbons (Fsp3) is 0.875. The van der Waals surface area contributed by atoms with E-state index in [2.05, 4.69) is 12.8 Å². The Kier molecular flexibility index (Phi) is 2.68. The summed E-state index contributed by atoms with van der Waals surface area (Å²) in [6.45, 7) is 4.03. The molecule has 1 N–H and O–H groups in total. The van der Waals surface area contributed by atoms with E-state index in [1.807, 2.05) is 0 Å². The first-order chi connectivity index (χ1) is 5.43. The van der Waals surface area contributed by atoms with Crippen LogP contribution in [0.2, 0.25) is 0 Å². The molecule has 0 aromatic carbocycles. The maximum absolute atomic E-state index is 11.5. The Morgan fingerprint density at radius 2 is 2.25 bits per heavy atom. The lowest BCUT2D eigenvalue weighted by atomic mass is 9.84. The molecular weight excluding hydrogens is 174 g/mol. The average Bonchev–Trinajstić information content (AvgIpc) is 1.92. The van der Waals surface area contributed by atoms with Crippen molar-refractivity contribution in [2.24, 2.45) is 5.92 Å². The Bertz CT molecular complexity index is 188. The number of hydrogen-bond acceptors (Lipinski definition) is 3. The van der Waals surface area contributed by atoms with E-state index >= 15 is 0 Å². The van der Waals surface area contributed by atoms with Gasteiger partial charge < -0.3 is 5.11 Å². The summed E-state index contributed by atoms with van der Waals surface area (Å²) in [7, 11) is 0. The van der Waals surface area contributed by atoms with Crippen molar-refractivity contribution in [3.05, 3.63) is 0 Å². The van der Waals surface area contributed by atoms with Crippen LogP contribution in [0.3, 0.4) is 0 Å². The molecule has 70 valence electrons. The van der Waals surface area contributed by atoms with Gasteiger partial charge >= 0.3 is 0 Å². The van der Waals surface area contributed by atoms with Gasteiger partial charge in [0.25, 0.3) is 0 Å². The molecule has 1 aliphatic rings. The summed E-state index contributed by atoms with van der Waals surface area (Å²) >= 11 is 4.02. The zero-order chi connectivity index (χ0) is 9.35. The van der Waals surface area contributed by atoms with Crippen LogP contribution in [-0.2, 0) is 4.79 Å². The van der Waals surface area contributed by atoms with Crippen molar-refractivity contribution in [3.63, 3.8) is 0 Å². The van der Waals surface area contributed by atoms with E-state index in [1.165, 1.54) is 4.31 Å². The molecule has 1 heterocycles. The zero-order valence-electron chi connectivity index (χ0n) is 7.45. The molecule has 1 fully saturated rings. The summed E-state index contributed by atoms with van der Waals surface area (Å²) in [6.07, 6.45) is 1.68. The lowest BCUT2D eigenvalue weighted by molar-refractivity contribution is -0.141. The highest BCUT2D eigenvalue weighted by Crippen LogP contribution is 2.28. The molecule has 1 amide bonds. The summed E-state index contributed by atoms with van der Waals surface area (Å²) < 4.78 is 1.39. The molecule has 1 unspecified atom stereocenters. The Balaban J connectivity index is 2.71. The average molecular weight is 189 g/mol. The van der Waals surface area contributed by atoms with Gasteiger partial charge in [0, 0.05) is 6.54 Å². The maximum atomic E-state index is 11.5. The smallest absolute Gasteiger partial charge is 0.238 e. The quantitative estimate of drug-likeness (QED) is 0.600. The van der Waals surface area contributed by atoms with Crippen molar-refractivity contribution >= 4 is 18.7 Å². The van der Waals surface area contributed by atoms with Gasteiger partial charge in [-0.1, -0.05) is 12.8 Å². The van der Waals surface area contributed by atoms with Crippen LogP contribution < -0.4 is 0 Å². The minimum Gasteiger partial charge on any atom is -0.390 e. The third-order valence-corrected chi connectivity index (χ3v) is 2.67. The van der Waals surface area contributed by atoms with E-state index in [4.69, 9.17) is 0 Å². The predicted molar refractivity (Wildman–Crippen MR) is 49.7 cm³/mol. The summed E-state index contributed by atoms with van der Waals surface area (Å²) in [6, 6.07) is 0. The third-order valence-electron chi connectivity index (χ3n) is 2.27. The second-order valence-corrected chi connectivity index (χ2v) is 4.29. The molecule has 12 heavy (non-hydrogen) atoms. The summed E-state index contributed by atoms with van der Waals surface area (Å²) in [5, 5.41) is 9.65. The summed E-state index contributed by atoms with van der Waals surface area (Å²) in [5.41, 5.74) is -0.918. The number of carbonyl (C=O) groups excluding carboxylic acids is 1. The van der Waals surface area contributed by atoms with Gasteiger partial charge in [0.2, 0.25) is 5.91 Å². The van der Waals surface area contributed by atoms with E-state index in [0.29, 0.717) is 6.54 Å². The van der Waals surface area contributed by atoms with E-state index in [9.17, 15) is 9.90 Å². The minimum atomic E-state index is -0.918. The lowest BCUT2D eigenvalue weighted by Gasteiger charge is -2.35. The first-order valence-electron chi connectivity index (χ1n) is 4.15. The van der Waals surface area contributed by atoms with Crippen molar-refractivity contribution < 1.29 is 9.90 Å². The number of aliphatic hydroxyl groups is 1. The fourth-order valence-electron chi connectivity index (χ4n) is 1.51. The minimum absolute atomic E-state index is 0.0583. The highest BCUT2D eigenvalue weighted by atomic mass is 32.1. The maximum Gasteiger partial charge on any atom is 0.238 e. The molecule has 1 saturated heterocycles. The number of carbonyl (C=O) groups is 1. The van der Waals surface area contributed by atoms with Gasteiger partial charge in [0.1, 0.15) is 0 Å². The summed E-state index contributed by atoms with van der Waals surface area (Å²) in [5.74, 6) is -0.346. The molecule has 0 aromatic rings. The van der Waals surface area contributed by atoms with Gasteiger partial charge in [-0.2, -0.15) is 0 Å².